The highest BCUT2D eigenvalue weighted by atomic mass is 16.5. The molecule has 0 bridgehead atoms. The van der Waals surface area contributed by atoms with Crippen molar-refractivity contribution in [2.24, 2.45) is 10.2 Å². The van der Waals surface area contributed by atoms with Gasteiger partial charge in [-0.2, -0.15) is 0 Å². The van der Waals surface area contributed by atoms with Gasteiger partial charge in [-0.1, -0.05) is 85.6 Å². The average Bonchev–Trinajstić information content (AvgIpc) is 2.97. The van der Waals surface area contributed by atoms with Gasteiger partial charge in [0.25, 0.3) is 0 Å². The Morgan fingerprint density at radius 2 is 0.789 bits per heavy atom. The summed E-state index contributed by atoms with van der Waals surface area (Å²) in [7, 11) is 3.34. The standard InChI is InChI=1S/C32H34N2O2.C2H6/c1-23-5-9-25(10-6-23)13-15-27-17-19-29(31(21-27)35-3)33-34-30-20-18-28(22-32(30)36-4)16-14-26-11-7-24(2)8-12-26;1-2/h5-12,17-22H,13-16H2,1-4H3;1-2H3. The highest BCUT2D eigenvalue weighted by molar-refractivity contribution is 5.56. The molecule has 0 fully saturated rings. The summed E-state index contributed by atoms with van der Waals surface area (Å²) < 4.78 is 11.2. The zero-order valence-corrected chi connectivity index (χ0v) is 23.6. The molecule has 4 aromatic carbocycles. The zero-order chi connectivity index (χ0) is 27.3. The minimum absolute atomic E-state index is 0.696. The van der Waals surface area contributed by atoms with Crippen LogP contribution in [0.15, 0.2) is 95.2 Å². The summed E-state index contributed by atoms with van der Waals surface area (Å²) in [4.78, 5) is 0. The third-order valence-electron chi connectivity index (χ3n) is 6.40. The molecule has 0 aliphatic rings. The van der Waals surface area contributed by atoms with Crippen LogP contribution in [0, 0.1) is 13.8 Å². The summed E-state index contributed by atoms with van der Waals surface area (Å²) in [6, 6.07) is 29.6. The molecular formula is C34H40N2O2. The van der Waals surface area contributed by atoms with Gasteiger partial charge in [0.2, 0.25) is 0 Å². The molecule has 0 amide bonds. The van der Waals surface area contributed by atoms with Gasteiger partial charge < -0.3 is 9.47 Å². The van der Waals surface area contributed by atoms with Gasteiger partial charge in [0.1, 0.15) is 22.9 Å². The van der Waals surface area contributed by atoms with Gasteiger partial charge >= 0.3 is 0 Å². The summed E-state index contributed by atoms with van der Waals surface area (Å²) in [6.07, 6.45) is 3.85. The first kappa shape index (κ1) is 28.6. The van der Waals surface area contributed by atoms with Crippen LogP contribution in [0.5, 0.6) is 11.5 Å². The Balaban J connectivity index is 0.00000195. The summed E-state index contributed by atoms with van der Waals surface area (Å²) in [5.74, 6) is 1.43. The molecule has 0 radical (unpaired) electrons. The summed E-state index contributed by atoms with van der Waals surface area (Å²) >= 11 is 0. The molecule has 0 saturated carbocycles. The number of hydrogen-bond donors (Lipinski definition) is 0. The molecule has 38 heavy (non-hydrogen) atoms. The first-order valence-electron chi connectivity index (χ1n) is 13.4. The normalized spacial score (nSPS) is 10.7. The first-order chi connectivity index (χ1) is 18.5. The number of benzene rings is 4. The van der Waals surface area contributed by atoms with E-state index in [2.05, 4.69) is 84.7 Å². The van der Waals surface area contributed by atoms with E-state index < -0.39 is 0 Å². The second-order valence-corrected chi connectivity index (χ2v) is 9.18. The van der Waals surface area contributed by atoms with Gasteiger partial charge in [0.05, 0.1) is 14.2 Å². The summed E-state index contributed by atoms with van der Waals surface area (Å²) in [5, 5.41) is 8.95. The van der Waals surface area contributed by atoms with E-state index in [-0.39, 0.29) is 0 Å². The largest absolute Gasteiger partial charge is 0.494 e. The molecule has 0 heterocycles. The predicted octanol–water partition coefficient (Wildman–Crippen LogP) is 9.33. The quantitative estimate of drug-likeness (QED) is 0.200. The van der Waals surface area contributed by atoms with Crippen molar-refractivity contribution in [1.29, 1.82) is 0 Å². The van der Waals surface area contributed by atoms with Gasteiger partial charge in [0.15, 0.2) is 0 Å². The molecule has 0 spiro atoms. The van der Waals surface area contributed by atoms with Crippen LogP contribution >= 0.6 is 0 Å². The van der Waals surface area contributed by atoms with Crippen LogP contribution in [-0.2, 0) is 25.7 Å². The van der Waals surface area contributed by atoms with E-state index in [1.807, 2.05) is 38.1 Å². The van der Waals surface area contributed by atoms with Crippen LogP contribution < -0.4 is 9.47 Å². The Morgan fingerprint density at radius 1 is 0.474 bits per heavy atom. The van der Waals surface area contributed by atoms with Crippen molar-refractivity contribution >= 4 is 11.4 Å². The van der Waals surface area contributed by atoms with E-state index in [9.17, 15) is 0 Å². The number of hydrogen-bond acceptors (Lipinski definition) is 4. The van der Waals surface area contributed by atoms with E-state index in [0.717, 1.165) is 25.7 Å². The Hall–Kier alpha value is -3.92. The Kier molecular flexibility index (Phi) is 11.1. The molecule has 4 aromatic rings. The van der Waals surface area contributed by atoms with Crippen molar-refractivity contribution in [3.8, 4) is 11.5 Å². The SMILES string of the molecule is CC.COc1cc(CCc2ccc(C)cc2)ccc1N=Nc1ccc(CCc2ccc(C)cc2)cc1OC. The van der Waals surface area contributed by atoms with Crippen LogP contribution in [0.4, 0.5) is 11.4 Å². The maximum Gasteiger partial charge on any atom is 0.146 e. The Morgan fingerprint density at radius 3 is 1.13 bits per heavy atom. The predicted molar refractivity (Wildman–Crippen MR) is 159 cm³/mol. The molecule has 0 aliphatic heterocycles. The maximum absolute atomic E-state index is 5.61. The van der Waals surface area contributed by atoms with Crippen molar-refractivity contribution in [3.63, 3.8) is 0 Å². The molecule has 0 aromatic heterocycles. The van der Waals surface area contributed by atoms with Gasteiger partial charge in [-0.05, 0) is 86.1 Å². The fourth-order valence-corrected chi connectivity index (χ4v) is 4.11. The minimum Gasteiger partial charge on any atom is -0.494 e. The van der Waals surface area contributed by atoms with Crippen molar-refractivity contribution in [3.05, 3.63) is 118 Å². The van der Waals surface area contributed by atoms with Crippen LogP contribution in [-0.4, -0.2) is 14.2 Å². The number of rotatable bonds is 10. The Labute approximate surface area is 228 Å². The summed E-state index contributed by atoms with van der Waals surface area (Å²) in [5.41, 5.74) is 9.04. The molecule has 198 valence electrons. The molecule has 0 N–H and O–H groups in total. The minimum atomic E-state index is 0.696. The Bertz CT molecular complexity index is 1210. The van der Waals surface area contributed by atoms with Crippen LogP contribution in [0.1, 0.15) is 47.2 Å². The number of methoxy groups -OCH3 is 2. The lowest BCUT2D eigenvalue weighted by atomic mass is 10.0. The molecule has 0 atom stereocenters. The van der Waals surface area contributed by atoms with Crippen molar-refractivity contribution in [2.45, 2.75) is 53.4 Å². The van der Waals surface area contributed by atoms with Crippen LogP contribution in [0.25, 0.3) is 0 Å². The van der Waals surface area contributed by atoms with E-state index >= 15 is 0 Å². The number of aryl methyl sites for hydroxylation is 6. The first-order valence-corrected chi connectivity index (χ1v) is 13.4. The summed E-state index contributed by atoms with van der Waals surface area (Å²) in [6.45, 7) is 8.22. The second-order valence-electron chi connectivity index (χ2n) is 9.18. The molecule has 4 heteroatoms. The number of nitrogens with zero attached hydrogens (tertiary/aromatic N) is 2. The third-order valence-corrected chi connectivity index (χ3v) is 6.40. The lowest BCUT2D eigenvalue weighted by molar-refractivity contribution is 0.413. The number of ether oxygens (including phenoxy) is 2. The smallest absolute Gasteiger partial charge is 0.146 e. The molecule has 4 rings (SSSR count). The molecule has 0 aliphatic carbocycles. The lowest BCUT2D eigenvalue weighted by Gasteiger charge is -2.09. The fraction of sp³-hybridized carbons (Fsp3) is 0.294. The molecule has 0 unspecified atom stereocenters. The monoisotopic (exact) mass is 508 g/mol. The van der Waals surface area contributed by atoms with Crippen LogP contribution in [0.3, 0.4) is 0 Å². The highest BCUT2D eigenvalue weighted by Gasteiger charge is 2.08. The molecule has 0 saturated heterocycles. The second kappa shape index (κ2) is 14.7. The van der Waals surface area contributed by atoms with Gasteiger partial charge in [-0.3, -0.25) is 0 Å². The average molecular weight is 509 g/mol. The van der Waals surface area contributed by atoms with E-state index in [4.69, 9.17) is 9.47 Å². The fourth-order valence-electron chi connectivity index (χ4n) is 4.11. The highest BCUT2D eigenvalue weighted by Crippen LogP contribution is 2.34. The van der Waals surface area contributed by atoms with E-state index in [1.54, 1.807) is 14.2 Å². The zero-order valence-electron chi connectivity index (χ0n) is 23.6. The maximum atomic E-state index is 5.61. The van der Waals surface area contributed by atoms with Crippen molar-refractivity contribution in [2.75, 3.05) is 14.2 Å². The molecule has 4 nitrogen and oxygen atoms in total. The van der Waals surface area contributed by atoms with Crippen molar-refractivity contribution < 1.29 is 9.47 Å². The van der Waals surface area contributed by atoms with Gasteiger partial charge in [-0.15, -0.1) is 10.2 Å². The van der Waals surface area contributed by atoms with E-state index in [0.29, 0.717) is 22.9 Å². The van der Waals surface area contributed by atoms with Gasteiger partial charge in [0, 0.05) is 0 Å². The van der Waals surface area contributed by atoms with Crippen LogP contribution in [0.2, 0.25) is 0 Å². The number of azo groups is 1. The van der Waals surface area contributed by atoms with Gasteiger partial charge in [-0.25, -0.2) is 0 Å². The van der Waals surface area contributed by atoms with E-state index in [1.165, 1.54) is 33.4 Å². The van der Waals surface area contributed by atoms with Crippen molar-refractivity contribution in [1.82, 2.24) is 0 Å². The molecular weight excluding hydrogens is 468 g/mol. The topological polar surface area (TPSA) is 43.2 Å². The lowest BCUT2D eigenvalue weighted by Crippen LogP contribution is -1.93. The third kappa shape index (κ3) is 8.31.